The summed E-state index contributed by atoms with van der Waals surface area (Å²) in [6, 6.07) is 8.21. The molecule has 1 aromatic carbocycles. The van der Waals surface area contributed by atoms with Crippen molar-refractivity contribution < 1.29 is 4.79 Å². The third-order valence-corrected chi connectivity index (χ3v) is 3.49. The Hall–Kier alpha value is -1.90. The second kappa shape index (κ2) is 4.09. The molecular formula is C15H16N2O. The fourth-order valence-electron chi connectivity index (χ4n) is 2.61. The fraction of sp³-hybridized carbons (Fsp3) is 0.333. The van der Waals surface area contributed by atoms with Crippen LogP contribution in [-0.2, 0) is 6.42 Å². The van der Waals surface area contributed by atoms with Crippen LogP contribution in [0.4, 0.5) is 0 Å². The number of benzene rings is 1. The first-order valence-electron chi connectivity index (χ1n) is 6.32. The molecule has 1 heterocycles. The number of Topliss-reactive ketones (excluding diaryl/α,β-unsaturated/α-hetero) is 1. The summed E-state index contributed by atoms with van der Waals surface area (Å²) >= 11 is 0. The van der Waals surface area contributed by atoms with Crippen molar-refractivity contribution in [1.82, 2.24) is 9.78 Å². The molecule has 0 unspecified atom stereocenters. The van der Waals surface area contributed by atoms with Crippen molar-refractivity contribution in [1.29, 1.82) is 0 Å². The maximum absolute atomic E-state index is 12.0. The zero-order valence-corrected chi connectivity index (χ0v) is 10.7. The summed E-state index contributed by atoms with van der Waals surface area (Å²) in [6.07, 6.45) is 3.29. The number of carbonyl (C=O) groups is 1. The first kappa shape index (κ1) is 11.2. The molecule has 0 bridgehead atoms. The zero-order valence-electron chi connectivity index (χ0n) is 10.7. The van der Waals surface area contributed by atoms with Crippen LogP contribution in [0.15, 0.2) is 30.5 Å². The van der Waals surface area contributed by atoms with Crippen LogP contribution in [0.25, 0.3) is 5.69 Å². The maximum atomic E-state index is 12.0. The molecule has 0 radical (unpaired) electrons. The molecule has 3 heteroatoms. The molecule has 3 nitrogen and oxygen atoms in total. The van der Waals surface area contributed by atoms with Crippen molar-refractivity contribution in [2.24, 2.45) is 5.92 Å². The highest BCUT2D eigenvalue weighted by Gasteiger charge is 2.26. The lowest BCUT2D eigenvalue weighted by Gasteiger charge is -2.18. The molecule has 0 saturated carbocycles. The van der Waals surface area contributed by atoms with Gasteiger partial charge in [-0.1, -0.05) is 19.1 Å². The molecule has 0 aliphatic heterocycles. The van der Waals surface area contributed by atoms with Gasteiger partial charge >= 0.3 is 0 Å². The molecule has 1 aliphatic rings. The summed E-state index contributed by atoms with van der Waals surface area (Å²) in [4.78, 5) is 12.0. The highest BCUT2D eigenvalue weighted by molar-refractivity contribution is 5.98. The number of ketones is 1. The predicted octanol–water partition coefficient (Wildman–Crippen LogP) is 2.95. The molecule has 92 valence electrons. The van der Waals surface area contributed by atoms with Crippen LogP contribution < -0.4 is 0 Å². The van der Waals surface area contributed by atoms with Crippen molar-refractivity contribution in [2.45, 2.75) is 26.7 Å². The fourth-order valence-corrected chi connectivity index (χ4v) is 2.61. The first-order valence-corrected chi connectivity index (χ1v) is 6.32. The third kappa shape index (κ3) is 1.76. The molecule has 1 aliphatic carbocycles. The molecule has 0 N–H and O–H groups in total. The van der Waals surface area contributed by atoms with Gasteiger partial charge < -0.3 is 0 Å². The molecular weight excluding hydrogens is 224 g/mol. The minimum Gasteiger partial charge on any atom is -0.294 e. The van der Waals surface area contributed by atoms with Gasteiger partial charge in [0.1, 0.15) is 0 Å². The van der Waals surface area contributed by atoms with Crippen LogP contribution in [-0.4, -0.2) is 15.6 Å². The van der Waals surface area contributed by atoms with Crippen molar-refractivity contribution in [3.05, 3.63) is 47.3 Å². The molecule has 0 fully saturated rings. The lowest BCUT2D eigenvalue weighted by molar-refractivity contribution is 0.0953. The van der Waals surface area contributed by atoms with E-state index in [1.807, 2.05) is 16.8 Å². The maximum Gasteiger partial charge on any atom is 0.166 e. The van der Waals surface area contributed by atoms with Crippen LogP contribution in [0.5, 0.6) is 0 Å². The molecule has 3 rings (SSSR count). The van der Waals surface area contributed by atoms with E-state index in [2.05, 4.69) is 31.1 Å². The number of hydrogen-bond donors (Lipinski definition) is 0. The van der Waals surface area contributed by atoms with Crippen molar-refractivity contribution in [2.75, 3.05) is 0 Å². The summed E-state index contributed by atoms with van der Waals surface area (Å²) in [7, 11) is 0. The Balaban J connectivity index is 2.12. The Morgan fingerprint density at radius 2 is 2.17 bits per heavy atom. The topological polar surface area (TPSA) is 34.9 Å². The van der Waals surface area contributed by atoms with Gasteiger partial charge in [0.25, 0.3) is 0 Å². The van der Waals surface area contributed by atoms with E-state index in [1.54, 1.807) is 6.20 Å². The monoisotopic (exact) mass is 240 g/mol. The van der Waals surface area contributed by atoms with Crippen LogP contribution in [0.3, 0.4) is 0 Å². The van der Waals surface area contributed by atoms with E-state index >= 15 is 0 Å². The van der Waals surface area contributed by atoms with Crippen LogP contribution in [0.1, 0.15) is 35.0 Å². The van der Waals surface area contributed by atoms with Gasteiger partial charge in [-0.2, -0.15) is 5.10 Å². The van der Waals surface area contributed by atoms with Gasteiger partial charge in [0.15, 0.2) is 5.78 Å². The quantitative estimate of drug-likeness (QED) is 0.768. The van der Waals surface area contributed by atoms with Gasteiger partial charge in [0, 0.05) is 6.42 Å². The Morgan fingerprint density at radius 1 is 1.33 bits per heavy atom. The molecule has 18 heavy (non-hydrogen) atoms. The smallest absolute Gasteiger partial charge is 0.166 e. The normalized spacial score (nSPS) is 18.8. The number of aromatic nitrogens is 2. The number of aryl methyl sites for hydroxylation is 1. The lowest BCUT2D eigenvalue weighted by Crippen LogP contribution is -2.19. The Kier molecular flexibility index (Phi) is 2.54. The van der Waals surface area contributed by atoms with E-state index in [-0.39, 0.29) is 5.78 Å². The largest absolute Gasteiger partial charge is 0.294 e. The Labute approximate surface area is 106 Å². The summed E-state index contributed by atoms with van der Waals surface area (Å²) in [5, 5.41) is 4.39. The number of rotatable bonds is 1. The van der Waals surface area contributed by atoms with Gasteiger partial charge in [0.05, 0.1) is 23.1 Å². The van der Waals surface area contributed by atoms with Gasteiger partial charge in [-0.05, 0) is 37.0 Å². The molecule has 2 aromatic rings. The Bertz CT molecular complexity index is 613. The van der Waals surface area contributed by atoms with E-state index in [4.69, 9.17) is 0 Å². The van der Waals surface area contributed by atoms with Gasteiger partial charge in [-0.25, -0.2) is 4.68 Å². The molecule has 1 aromatic heterocycles. The lowest BCUT2D eigenvalue weighted by atomic mass is 9.88. The zero-order chi connectivity index (χ0) is 12.7. The first-order chi connectivity index (χ1) is 8.65. The highest BCUT2D eigenvalue weighted by Crippen LogP contribution is 2.27. The van der Waals surface area contributed by atoms with E-state index in [1.165, 1.54) is 5.56 Å². The van der Waals surface area contributed by atoms with E-state index in [0.29, 0.717) is 12.3 Å². The van der Waals surface area contributed by atoms with Crippen molar-refractivity contribution in [3.63, 3.8) is 0 Å². The standard InChI is InChI=1S/C15H16N2O/c1-10-4-3-5-12(6-10)17-14-7-11(2)8-15(18)13(14)9-16-17/h3-6,9,11H,7-8H2,1-2H3/t11-/m1/s1. The predicted molar refractivity (Wildman–Crippen MR) is 70.1 cm³/mol. The third-order valence-electron chi connectivity index (χ3n) is 3.49. The van der Waals surface area contributed by atoms with Crippen LogP contribution in [0, 0.1) is 12.8 Å². The number of hydrogen-bond acceptors (Lipinski definition) is 2. The molecule has 0 amide bonds. The van der Waals surface area contributed by atoms with Crippen LogP contribution >= 0.6 is 0 Å². The average Bonchev–Trinajstić information content (AvgIpc) is 2.72. The second-order valence-electron chi connectivity index (χ2n) is 5.19. The molecule has 0 saturated heterocycles. The summed E-state index contributed by atoms with van der Waals surface area (Å²) < 4.78 is 1.91. The minimum absolute atomic E-state index is 0.225. The van der Waals surface area contributed by atoms with Gasteiger partial charge in [-0.3, -0.25) is 4.79 Å². The number of fused-ring (bicyclic) bond motifs is 1. The van der Waals surface area contributed by atoms with Crippen molar-refractivity contribution in [3.8, 4) is 5.69 Å². The summed E-state index contributed by atoms with van der Waals surface area (Å²) in [5.74, 6) is 0.632. The molecule has 1 atom stereocenters. The van der Waals surface area contributed by atoms with E-state index in [9.17, 15) is 4.79 Å². The number of carbonyl (C=O) groups excluding carboxylic acids is 1. The summed E-state index contributed by atoms with van der Waals surface area (Å²) in [5.41, 5.74) is 4.10. The highest BCUT2D eigenvalue weighted by atomic mass is 16.1. The molecule has 0 spiro atoms. The minimum atomic E-state index is 0.225. The van der Waals surface area contributed by atoms with E-state index in [0.717, 1.165) is 23.4 Å². The van der Waals surface area contributed by atoms with Crippen LogP contribution in [0.2, 0.25) is 0 Å². The Morgan fingerprint density at radius 3 is 2.94 bits per heavy atom. The SMILES string of the molecule is Cc1cccc(-n2ncc3c2C[C@@H](C)CC3=O)c1. The second-order valence-corrected chi connectivity index (χ2v) is 5.19. The van der Waals surface area contributed by atoms with Gasteiger partial charge in [-0.15, -0.1) is 0 Å². The van der Waals surface area contributed by atoms with Crippen molar-refractivity contribution >= 4 is 5.78 Å². The summed E-state index contributed by atoms with van der Waals surface area (Å²) in [6.45, 7) is 4.18. The van der Waals surface area contributed by atoms with Gasteiger partial charge in [0.2, 0.25) is 0 Å². The number of nitrogens with zero attached hydrogens (tertiary/aromatic N) is 2. The average molecular weight is 240 g/mol. The van der Waals surface area contributed by atoms with E-state index < -0.39 is 0 Å².